The van der Waals surface area contributed by atoms with Crippen LogP contribution in [0.5, 0.6) is 0 Å². The van der Waals surface area contributed by atoms with Crippen molar-refractivity contribution in [3.05, 3.63) is 0 Å². The van der Waals surface area contributed by atoms with Crippen molar-refractivity contribution in [2.24, 2.45) is 5.92 Å². The number of piperidine rings is 2. The molecule has 2 rings (SSSR count). The second-order valence-corrected chi connectivity index (χ2v) is 6.51. The van der Waals surface area contributed by atoms with E-state index in [0.29, 0.717) is 0 Å². The molecule has 21 heavy (non-hydrogen) atoms. The summed E-state index contributed by atoms with van der Waals surface area (Å²) in [7, 11) is 2.19. The third kappa shape index (κ3) is 6.31. The molecule has 4 nitrogen and oxygen atoms in total. The van der Waals surface area contributed by atoms with Crippen molar-refractivity contribution in [1.29, 1.82) is 0 Å². The standard InChI is InChI=1S/C15H29N3O.2ClH/c1-15(8-3-4-9-17-15)14(19)16-10-5-13-6-11-18(2)12-7-13;;/h13,17H,3-12H2,1-2H3,(H,16,19);2*1H. The van der Waals surface area contributed by atoms with Gasteiger partial charge in [0.1, 0.15) is 0 Å². The van der Waals surface area contributed by atoms with E-state index in [0.717, 1.165) is 38.3 Å². The predicted molar refractivity (Wildman–Crippen MR) is 92.6 cm³/mol. The molecule has 6 heteroatoms. The molecule has 2 fully saturated rings. The van der Waals surface area contributed by atoms with Crippen LogP contribution in [0, 0.1) is 5.92 Å². The van der Waals surface area contributed by atoms with Crippen LogP contribution in [0.1, 0.15) is 45.4 Å². The van der Waals surface area contributed by atoms with Crippen LogP contribution in [0.25, 0.3) is 0 Å². The molecule has 2 heterocycles. The third-order valence-corrected chi connectivity index (χ3v) is 4.80. The zero-order chi connectivity index (χ0) is 13.7. The molecule has 0 aromatic carbocycles. The summed E-state index contributed by atoms with van der Waals surface area (Å²) in [5.41, 5.74) is -0.328. The van der Waals surface area contributed by atoms with Crippen LogP contribution >= 0.6 is 24.8 Å². The van der Waals surface area contributed by atoms with Crippen molar-refractivity contribution >= 4 is 30.7 Å². The normalized spacial score (nSPS) is 27.3. The first-order valence-electron chi connectivity index (χ1n) is 7.82. The first-order chi connectivity index (χ1) is 9.10. The fraction of sp³-hybridized carbons (Fsp3) is 0.933. The zero-order valence-electron chi connectivity index (χ0n) is 13.3. The van der Waals surface area contributed by atoms with Crippen molar-refractivity contribution in [2.75, 3.05) is 33.2 Å². The molecule has 0 saturated carbocycles. The number of hydrogen-bond donors (Lipinski definition) is 2. The highest BCUT2D eigenvalue weighted by Gasteiger charge is 2.33. The highest BCUT2D eigenvalue weighted by molar-refractivity contribution is 5.86. The number of halogens is 2. The smallest absolute Gasteiger partial charge is 0.240 e. The molecule has 1 amide bonds. The van der Waals surface area contributed by atoms with Crippen molar-refractivity contribution < 1.29 is 4.79 Å². The summed E-state index contributed by atoms with van der Waals surface area (Å²) in [5, 5.41) is 6.51. The largest absolute Gasteiger partial charge is 0.354 e. The lowest BCUT2D eigenvalue weighted by Crippen LogP contribution is -2.57. The maximum Gasteiger partial charge on any atom is 0.240 e. The topological polar surface area (TPSA) is 44.4 Å². The number of carbonyl (C=O) groups is 1. The highest BCUT2D eigenvalue weighted by Crippen LogP contribution is 2.20. The summed E-state index contributed by atoms with van der Waals surface area (Å²) in [4.78, 5) is 14.6. The van der Waals surface area contributed by atoms with E-state index in [1.165, 1.54) is 32.4 Å². The van der Waals surface area contributed by atoms with Crippen LogP contribution in [0.3, 0.4) is 0 Å². The Bertz CT molecular complexity index is 301. The summed E-state index contributed by atoms with van der Waals surface area (Å²) < 4.78 is 0. The van der Waals surface area contributed by atoms with E-state index >= 15 is 0 Å². The Morgan fingerprint density at radius 3 is 2.52 bits per heavy atom. The van der Waals surface area contributed by atoms with E-state index in [9.17, 15) is 4.79 Å². The van der Waals surface area contributed by atoms with Crippen LogP contribution in [0.4, 0.5) is 0 Å². The molecular weight excluding hydrogens is 309 g/mol. The van der Waals surface area contributed by atoms with Crippen LogP contribution in [0.2, 0.25) is 0 Å². The zero-order valence-corrected chi connectivity index (χ0v) is 15.0. The number of carbonyl (C=O) groups excluding carboxylic acids is 1. The van der Waals surface area contributed by atoms with E-state index in [2.05, 4.69) is 22.6 Å². The molecule has 0 bridgehead atoms. The van der Waals surface area contributed by atoms with E-state index in [1.54, 1.807) is 0 Å². The van der Waals surface area contributed by atoms with Gasteiger partial charge in [0.05, 0.1) is 5.54 Å². The first-order valence-corrected chi connectivity index (χ1v) is 7.82. The Labute approximate surface area is 141 Å². The number of amides is 1. The minimum absolute atomic E-state index is 0. The van der Waals surface area contributed by atoms with Crippen LogP contribution in [-0.2, 0) is 4.79 Å². The SMILES string of the molecule is CN1CCC(CCNC(=O)C2(C)CCCCN2)CC1.Cl.Cl. The van der Waals surface area contributed by atoms with Crippen molar-refractivity contribution in [1.82, 2.24) is 15.5 Å². The molecule has 0 aliphatic carbocycles. The molecule has 1 atom stereocenters. The van der Waals surface area contributed by atoms with Gasteiger partial charge in [-0.3, -0.25) is 4.79 Å². The minimum atomic E-state index is -0.328. The molecule has 0 aromatic heterocycles. The minimum Gasteiger partial charge on any atom is -0.354 e. The quantitative estimate of drug-likeness (QED) is 0.825. The number of rotatable bonds is 4. The van der Waals surface area contributed by atoms with Gasteiger partial charge < -0.3 is 15.5 Å². The Kier molecular flexibility index (Phi) is 9.87. The van der Waals surface area contributed by atoms with E-state index in [-0.39, 0.29) is 36.3 Å². The van der Waals surface area contributed by atoms with Crippen molar-refractivity contribution in [3.63, 3.8) is 0 Å². The third-order valence-electron chi connectivity index (χ3n) is 4.80. The van der Waals surface area contributed by atoms with Gasteiger partial charge in [0.15, 0.2) is 0 Å². The lowest BCUT2D eigenvalue weighted by atomic mass is 9.89. The van der Waals surface area contributed by atoms with E-state index < -0.39 is 0 Å². The highest BCUT2D eigenvalue weighted by atomic mass is 35.5. The summed E-state index contributed by atoms with van der Waals surface area (Å²) in [6.45, 7) is 6.26. The number of hydrogen-bond acceptors (Lipinski definition) is 3. The van der Waals surface area contributed by atoms with Gasteiger partial charge >= 0.3 is 0 Å². The van der Waals surface area contributed by atoms with E-state index in [1.807, 2.05) is 6.92 Å². The summed E-state index contributed by atoms with van der Waals surface area (Å²) in [6, 6.07) is 0. The van der Waals surface area contributed by atoms with Crippen molar-refractivity contribution in [2.45, 2.75) is 51.0 Å². The fourth-order valence-corrected chi connectivity index (χ4v) is 3.19. The molecule has 0 aromatic rings. The number of likely N-dealkylation sites (tertiary alicyclic amines) is 1. The fourth-order valence-electron chi connectivity index (χ4n) is 3.19. The molecule has 2 N–H and O–H groups in total. The molecular formula is C15H31Cl2N3O. The second-order valence-electron chi connectivity index (χ2n) is 6.51. The monoisotopic (exact) mass is 339 g/mol. The Morgan fingerprint density at radius 1 is 1.29 bits per heavy atom. The maximum absolute atomic E-state index is 12.2. The van der Waals surface area contributed by atoms with Crippen LogP contribution in [-0.4, -0.2) is 49.6 Å². The van der Waals surface area contributed by atoms with Crippen LogP contribution < -0.4 is 10.6 Å². The van der Waals surface area contributed by atoms with Gasteiger partial charge in [-0.2, -0.15) is 0 Å². The van der Waals surface area contributed by atoms with Gasteiger partial charge in [0.2, 0.25) is 5.91 Å². The summed E-state index contributed by atoms with van der Waals surface area (Å²) in [5.74, 6) is 0.990. The number of nitrogens with zero attached hydrogens (tertiary/aromatic N) is 1. The first kappa shape index (κ1) is 21.0. The molecule has 2 saturated heterocycles. The summed E-state index contributed by atoms with van der Waals surface area (Å²) >= 11 is 0. The molecule has 0 radical (unpaired) electrons. The van der Waals surface area contributed by atoms with Gasteiger partial charge in [0, 0.05) is 6.54 Å². The van der Waals surface area contributed by atoms with Gasteiger partial charge in [-0.05, 0) is 78.0 Å². The lowest BCUT2D eigenvalue weighted by Gasteiger charge is -2.34. The van der Waals surface area contributed by atoms with Gasteiger partial charge in [-0.1, -0.05) is 0 Å². The lowest BCUT2D eigenvalue weighted by molar-refractivity contribution is -0.128. The predicted octanol–water partition coefficient (Wildman–Crippen LogP) is 2.21. The average Bonchev–Trinajstić information content (AvgIpc) is 2.42. The number of nitrogens with one attached hydrogen (secondary N) is 2. The van der Waals surface area contributed by atoms with E-state index in [4.69, 9.17) is 0 Å². The van der Waals surface area contributed by atoms with Gasteiger partial charge in [0.25, 0.3) is 0 Å². The second kappa shape index (κ2) is 9.88. The molecule has 2 aliphatic heterocycles. The Hall–Kier alpha value is -0.0300. The molecule has 126 valence electrons. The van der Waals surface area contributed by atoms with Crippen LogP contribution in [0.15, 0.2) is 0 Å². The summed E-state index contributed by atoms with van der Waals surface area (Å²) in [6.07, 6.45) is 7.01. The van der Waals surface area contributed by atoms with Gasteiger partial charge in [-0.15, -0.1) is 24.8 Å². The van der Waals surface area contributed by atoms with Gasteiger partial charge in [-0.25, -0.2) is 0 Å². The van der Waals surface area contributed by atoms with Crippen molar-refractivity contribution in [3.8, 4) is 0 Å². The molecule has 0 spiro atoms. The average molecular weight is 340 g/mol. The maximum atomic E-state index is 12.2. The molecule has 2 aliphatic rings. The molecule has 1 unspecified atom stereocenters. The Balaban J connectivity index is 0.00000200. The Morgan fingerprint density at radius 2 is 1.95 bits per heavy atom.